The number of para-hydroxylation sites is 2. The molecule has 0 bridgehead atoms. The average Bonchev–Trinajstić information content (AvgIpc) is 2.89. The minimum atomic E-state index is -0.910. The van der Waals surface area contributed by atoms with Gasteiger partial charge in [0.2, 0.25) is 5.75 Å². The first kappa shape index (κ1) is 25.4. The van der Waals surface area contributed by atoms with E-state index >= 15 is 0 Å². The van der Waals surface area contributed by atoms with Crippen molar-refractivity contribution in [2.75, 3.05) is 0 Å². The van der Waals surface area contributed by atoms with Gasteiger partial charge in [0.25, 0.3) is 5.91 Å². The lowest BCUT2D eigenvalue weighted by atomic mass is 9.98. The Labute approximate surface area is 213 Å². The Morgan fingerprint density at radius 3 is 2.51 bits per heavy atom. The highest BCUT2D eigenvalue weighted by atomic mass is 16.6. The molecule has 1 atom stereocenters. The van der Waals surface area contributed by atoms with Gasteiger partial charge in [-0.05, 0) is 59.9 Å². The lowest BCUT2D eigenvalue weighted by molar-refractivity contribution is -0.385. The van der Waals surface area contributed by atoms with Crippen LogP contribution in [0.1, 0.15) is 47.3 Å². The molecule has 0 aromatic heterocycles. The zero-order chi connectivity index (χ0) is 26.4. The van der Waals surface area contributed by atoms with Crippen LogP contribution in [0, 0.1) is 10.1 Å². The van der Waals surface area contributed by atoms with E-state index in [9.17, 15) is 19.7 Å². The van der Waals surface area contributed by atoms with Crippen LogP contribution in [-0.4, -0.2) is 21.9 Å². The Morgan fingerprint density at radius 1 is 1.00 bits per heavy atom. The van der Waals surface area contributed by atoms with E-state index in [0.717, 1.165) is 16.3 Å². The second kappa shape index (κ2) is 11.3. The van der Waals surface area contributed by atoms with E-state index in [1.54, 1.807) is 24.3 Å². The molecule has 4 aromatic carbocycles. The van der Waals surface area contributed by atoms with E-state index in [-0.39, 0.29) is 35.6 Å². The van der Waals surface area contributed by atoms with Crippen LogP contribution in [0.3, 0.4) is 0 Å². The second-order valence-electron chi connectivity index (χ2n) is 8.66. The number of nitrogens with zero attached hydrogens (tertiary/aromatic N) is 1. The number of carboxylic acid groups (broad SMARTS) is 1. The number of nitrogens with one attached hydrogen (secondary N) is 1. The fraction of sp³-hybridized carbons (Fsp3) is 0.172. The lowest BCUT2D eigenvalue weighted by Gasteiger charge is -2.18. The number of amides is 1. The van der Waals surface area contributed by atoms with Crippen molar-refractivity contribution in [3.05, 3.63) is 112 Å². The van der Waals surface area contributed by atoms with Crippen molar-refractivity contribution < 1.29 is 24.4 Å². The number of aliphatic carboxylic acids is 1. The van der Waals surface area contributed by atoms with Crippen molar-refractivity contribution in [3.8, 4) is 11.5 Å². The van der Waals surface area contributed by atoms with Crippen LogP contribution in [0.4, 0.5) is 5.69 Å². The van der Waals surface area contributed by atoms with Crippen molar-refractivity contribution in [2.45, 2.75) is 32.2 Å². The number of carboxylic acids is 1. The van der Waals surface area contributed by atoms with Crippen LogP contribution in [0.25, 0.3) is 10.8 Å². The maximum absolute atomic E-state index is 13.5. The largest absolute Gasteiger partial charge is 0.481 e. The highest BCUT2D eigenvalue weighted by molar-refractivity contribution is 5.97. The Bertz CT molecular complexity index is 1460. The Kier molecular flexibility index (Phi) is 7.78. The lowest BCUT2D eigenvalue weighted by Crippen LogP contribution is -2.27. The van der Waals surface area contributed by atoms with Gasteiger partial charge >= 0.3 is 11.7 Å². The van der Waals surface area contributed by atoms with Crippen LogP contribution in [0.5, 0.6) is 11.5 Å². The summed E-state index contributed by atoms with van der Waals surface area (Å²) in [7, 11) is 0. The van der Waals surface area contributed by atoms with Crippen LogP contribution >= 0.6 is 0 Å². The van der Waals surface area contributed by atoms with E-state index in [0.29, 0.717) is 24.0 Å². The van der Waals surface area contributed by atoms with Crippen LogP contribution in [0.15, 0.2) is 84.9 Å². The molecule has 1 unspecified atom stereocenters. The maximum Gasteiger partial charge on any atom is 0.311 e. The summed E-state index contributed by atoms with van der Waals surface area (Å²) >= 11 is 0. The van der Waals surface area contributed by atoms with E-state index in [1.807, 2.05) is 49.4 Å². The van der Waals surface area contributed by atoms with E-state index < -0.39 is 10.9 Å². The molecular weight excluding hydrogens is 472 g/mol. The first-order valence-electron chi connectivity index (χ1n) is 11.9. The summed E-state index contributed by atoms with van der Waals surface area (Å²) in [6.07, 6.45) is 0.713. The Balaban J connectivity index is 1.63. The van der Waals surface area contributed by atoms with E-state index in [2.05, 4.69) is 5.32 Å². The van der Waals surface area contributed by atoms with Gasteiger partial charge in [0.15, 0.2) is 0 Å². The minimum absolute atomic E-state index is 0.0259. The Hall–Kier alpha value is -4.72. The number of ether oxygens (including phenoxy) is 1. The fourth-order valence-corrected chi connectivity index (χ4v) is 4.28. The van der Waals surface area contributed by atoms with Crippen molar-refractivity contribution in [1.82, 2.24) is 5.32 Å². The molecule has 8 nitrogen and oxygen atoms in total. The summed E-state index contributed by atoms with van der Waals surface area (Å²) in [4.78, 5) is 35.3. The number of carbonyl (C=O) groups excluding carboxylic acids is 1. The molecule has 0 radical (unpaired) electrons. The molecule has 0 heterocycles. The molecule has 0 spiro atoms. The molecule has 0 aliphatic rings. The average molecular weight is 499 g/mol. The minimum Gasteiger partial charge on any atom is -0.481 e. The van der Waals surface area contributed by atoms with Gasteiger partial charge in [-0.1, -0.05) is 60.7 Å². The third-order valence-corrected chi connectivity index (χ3v) is 6.09. The number of hydrogen-bond acceptors (Lipinski definition) is 5. The third kappa shape index (κ3) is 6.10. The number of nitro benzene ring substituents is 1. The zero-order valence-corrected chi connectivity index (χ0v) is 20.2. The standard InChI is InChI=1S/C29H26N2O6/c1-19(23-12-6-9-20-8-2-3-11-24(20)23)30-29(34)25-18-22(17-16-21(25)10-7-15-28(32)33)37-27-14-5-4-13-26(27)31(35)36/h2-6,8-9,11-14,16-19H,7,10,15H2,1H3,(H,30,34)(H,32,33). The van der Waals surface area contributed by atoms with E-state index in [1.165, 1.54) is 18.2 Å². The number of rotatable bonds is 10. The third-order valence-electron chi connectivity index (χ3n) is 6.09. The van der Waals surface area contributed by atoms with Gasteiger partial charge in [-0.25, -0.2) is 0 Å². The van der Waals surface area contributed by atoms with Gasteiger partial charge in [0.05, 0.1) is 11.0 Å². The molecule has 2 N–H and O–H groups in total. The summed E-state index contributed by atoms with van der Waals surface area (Å²) in [6, 6.07) is 24.4. The van der Waals surface area contributed by atoms with Gasteiger partial charge in [-0.15, -0.1) is 0 Å². The molecule has 0 fully saturated rings. The predicted octanol–water partition coefficient (Wildman–Crippen LogP) is 6.44. The van der Waals surface area contributed by atoms with Gasteiger partial charge in [-0.3, -0.25) is 19.7 Å². The summed E-state index contributed by atoms with van der Waals surface area (Å²) in [6.45, 7) is 1.90. The molecule has 4 aromatic rings. The van der Waals surface area contributed by atoms with Gasteiger partial charge in [0, 0.05) is 18.1 Å². The van der Waals surface area contributed by atoms with Crippen molar-refractivity contribution in [2.24, 2.45) is 0 Å². The summed E-state index contributed by atoms with van der Waals surface area (Å²) in [5.41, 5.74) is 1.77. The number of hydrogen-bond donors (Lipinski definition) is 2. The van der Waals surface area contributed by atoms with Crippen molar-refractivity contribution >= 4 is 28.3 Å². The van der Waals surface area contributed by atoms with Crippen molar-refractivity contribution in [3.63, 3.8) is 0 Å². The number of carbonyl (C=O) groups is 2. The topological polar surface area (TPSA) is 119 Å². The molecular formula is C29H26N2O6. The summed E-state index contributed by atoms with van der Waals surface area (Å²) in [5, 5.41) is 25.5. The SMILES string of the molecule is CC(NC(=O)c1cc(Oc2ccccc2[N+](=O)[O-])ccc1CCCC(=O)O)c1cccc2ccccc12. The molecule has 1 amide bonds. The van der Waals surface area contributed by atoms with Crippen LogP contribution in [-0.2, 0) is 11.2 Å². The number of fused-ring (bicyclic) bond motifs is 1. The molecule has 0 aliphatic carbocycles. The van der Waals surface area contributed by atoms with Crippen molar-refractivity contribution in [1.29, 1.82) is 0 Å². The van der Waals surface area contributed by atoms with Gasteiger partial charge in [-0.2, -0.15) is 0 Å². The summed E-state index contributed by atoms with van der Waals surface area (Å²) in [5.74, 6) is -0.938. The zero-order valence-electron chi connectivity index (χ0n) is 20.2. The molecule has 0 aliphatic heterocycles. The fourth-order valence-electron chi connectivity index (χ4n) is 4.28. The van der Waals surface area contributed by atoms with E-state index in [4.69, 9.17) is 9.84 Å². The highest BCUT2D eigenvalue weighted by Crippen LogP contribution is 2.32. The molecule has 4 rings (SSSR count). The molecule has 8 heteroatoms. The smallest absolute Gasteiger partial charge is 0.311 e. The van der Waals surface area contributed by atoms with Crippen LogP contribution < -0.4 is 10.1 Å². The monoisotopic (exact) mass is 498 g/mol. The number of benzene rings is 4. The normalized spacial score (nSPS) is 11.6. The van der Waals surface area contributed by atoms with Gasteiger partial charge in [0.1, 0.15) is 5.75 Å². The molecule has 0 saturated heterocycles. The number of nitro groups is 1. The molecule has 37 heavy (non-hydrogen) atoms. The first-order chi connectivity index (χ1) is 17.8. The summed E-state index contributed by atoms with van der Waals surface area (Å²) < 4.78 is 5.79. The predicted molar refractivity (Wildman–Crippen MR) is 140 cm³/mol. The first-order valence-corrected chi connectivity index (χ1v) is 11.9. The van der Waals surface area contributed by atoms with Gasteiger partial charge < -0.3 is 15.2 Å². The quantitative estimate of drug-likeness (QED) is 0.192. The molecule has 0 saturated carbocycles. The Morgan fingerprint density at radius 2 is 1.73 bits per heavy atom. The number of aryl methyl sites for hydroxylation is 1. The molecule has 188 valence electrons. The second-order valence-corrected chi connectivity index (χ2v) is 8.66. The van der Waals surface area contributed by atoms with Crippen LogP contribution in [0.2, 0.25) is 0 Å². The maximum atomic E-state index is 13.5. The highest BCUT2D eigenvalue weighted by Gasteiger charge is 2.19.